The number of benzene rings is 1. The van der Waals surface area contributed by atoms with Gasteiger partial charge in [0.15, 0.2) is 0 Å². The third-order valence-electron chi connectivity index (χ3n) is 3.28. The molecule has 1 nitrogen and oxygen atoms in total. The highest BCUT2D eigenvalue weighted by molar-refractivity contribution is 5.43. The second-order valence-electron chi connectivity index (χ2n) is 4.98. The van der Waals surface area contributed by atoms with Crippen LogP contribution in [-0.4, -0.2) is 5.11 Å². The van der Waals surface area contributed by atoms with Crippen LogP contribution in [0.2, 0.25) is 0 Å². The van der Waals surface area contributed by atoms with Gasteiger partial charge < -0.3 is 5.11 Å². The van der Waals surface area contributed by atoms with E-state index in [1.807, 2.05) is 6.92 Å². The monoisotopic (exact) mass is 234 g/mol. The molecular formula is C16H26O. The zero-order valence-corrected chi connectivity index (χ0v) is 11.6. The summed E-state index contributed by atoms with van der Waals surface area (Å²) in [7, 11) is 0. The van der Waals surface area contributed by atoms with E-state index in [4.69, 9.17) is 0 Å². The van der Waals surface area contributed by atoms with Gasteiger partial charge in [0.2, 0.25) is 0 Å². The van der Waals surface area contributed by atoms with Crippen LogP contribution in [0.1, 0.15) is 62.6 Å². The van der Waals surface area contributed by atoms with Crippen LogP contribution in [0.3, 0.4) is 0 Å². The second-order valence-corrected chi connectivity index (χ2v) is 4.98. The lowest BCUT2D eigenvalue weighted by molar-refractivity contribution is 0.461. The summed E-state index contributed by atoms with van der Waals surface area (Å²) in [4.78, 5) is 0. The van der Waals surface area contributed by atoms with Crippen molar-refractivity contribution in [2.24, 2.45) is 0 Å². The molecule has 0 spiro atoms. The van der Waals surface area contributed by atoms with E-state index in [0.717, 1.165) is 24.0 Å². The highest BCUT2D eigenvalue weighted by atomic mass is 16.3. The number of phenolic OH excluding ortho intramolecular Hbond substituents is 1. The van der Waals surface area contributed by atoms with Crippen molar-refractivity contribution in [3.05, 3.63) is 28.8 Å². The molecule has 0 unspecified atom stereocenters. The maximum atomic E-state index is 10.0. The summed E-state index contributed by atoms with van der Waals surface area (Å²) in [6.07, 6.45) is 8.32. The van der Waals surface area contributed by atoms with Crippen LogP contribution in [0.25, 0.3) is 0 Å². The van der Waals surface area contributed by atoms with Crippen LogP contribution < -0.4 is 0 Å². The largest absolute Gasteiger partial charge is 0.507 e. The lowest BCUT2D eigenvalue weighted by Gasteiger charge is -2.10. The van der Waals surface area contributed by atoms with Gasteiger partial charge in [-0.05, 0) is 42.9 Å². The molecule has 0 aliphatic rings. The maximum absolute atomic E-state index is 10.0. The highest BCUT2D eigenvalue weighted by Crippen LogP contribution is 2.26. The molecule has 1 rings (SSSR count). The summed E-state index contributed by atoms with van der Waals surface area (Å²) in [6, 6.07) is 4.31. The predicted molar refractivity (Wildman–Crippen MR) is 74.7 cm³/mol. The summed E-state index contributed by atoms with van der Waals surface area (Å²) in [5, 5.41) is 10.0. The van der Waals surface area contributed by atoms with Crippen molar-refractivity contribution in [3.63, 3.8) is 0 Å². The lowest BCUT2D eigenvalue weighted by Crippen LogP contribution is -1.93. The fraction of sp³-hybridized carbons (Fsp3) is 0.625. The van der Waals surface area contributed by atoms with Gasteiger partial charge in [-0.1, -0.05) is 51.7 Å². The number of hydrogen-bond donors (Lipinski definition) is 1. The Morgan fingerprint density at radius 2 is 1.71 bits per heavy atom. The molecule has 0 aliphatic carbocycles. The summed E-state index contributed by atoms with van der Waals surface area (Å²) in [6.45, 7) is 6.43. The van der Waals surface area contributed by atoms with Crippen LogP contribution in [0, 0.1) is 6.92 Å². The number of aromatic hydroxyl groups is 1. The molecule has 1 heteroatoms. The molecular weight excluding hydrogens is 208 g/mol. The van der Waals surface area contributed by atoms with Gasteiger partial charge in [-0.25, -0.2) is 0 Å². The first kappa shape index (κ1) is 14.1. The number of hydrogen-bond acceptors (Lipinski definition) is 1. The predicted octanol–water partition coefficient (Wildman–Crippen LogP) is 4.78. The van der Waals surface area contributed by atoms with E-state index < -0.39 is 0 Å². The minimum Gasteiger partial charge on any atom is -0.507 e. The summed E-state index contributed by atoms with van der Waals surface area (Å²) in [5.74, 6) is 0.515. The molecule has 1 N–H and O–H groups in total. The Bertz CT molecular complexity index is 342. The van der Waals surface area contributed by atoms with Crippen molar-refractivity contribution in [1.82, 2.24) is 0 Å². The molecule has 0 fully saturated rings. The molecule has 0 aromatic heterocycles. The Kier molecular flexibility index (Phi) is 6.10. The van der Waals surface area contributed by atoms with Crippen molar-refractivity contribution >= 4 is 0 Å². The Labute approximate surface area is 106 Å². The minimum absolute atomic E-state index is 0.515. The molecule has 1 aromatic carbocycles. The van der Waals surface area contributed by atoms with Gasteiger partial charge in [-0.2, -0.15) is 0 Å². The van der Waals surface area contributed by atoms with E-state index in [0.29, 0.717) is 5.75 Å². The van der Waals surface area contributed by atoms with Crippen molar-refractivity contribution in [3.8, 4) is 5.75 Å². The quantitative estimate of drug-likeness (QED) is 0.673. The average molecular weight is 234 g/mol. The van der Waals surface area contributed by atoms with E-state index in [1.165, 1.54) is 37.7 Å². The Morgan fingerprint density at radius 1 is 0.941 bits per heavy atom. The number of rotatable bonds is 7. The molecule has 1 aromatic rings. The van der Waals surface area contributed by atoms with Crippen LogP contribution in [-0.2, 0) is 12.8 Å². The van der Waals surface area contributed by atoms with Crippen LogP contribution >= 0.6 is 0 Å². The van der Waals surface area contributed by atoms with Crippen molar-refractivity contribution < 1.29 is 5.11 Å². The maximum Gasteiger partial charge on any atom is 0.121 e. The molecule has 0 saturated carbocycles. The smallest absolute Gasteiger partial charge is 0.121 e. The van der Waals surface area contributed by atoms with Gasteiger partial charge >= 0.3 is 0 Å². The van der Waals surface area contributed by atoms with E-state index in [1.54, 1.807) is 0 Å². The highest BCUT2D eigenvalue weighted by Gasteiger charge is 2.06. The van der Waals surface area contributed by atoms with E-state index in [9.17, 15) is 5.11 Å². The third kappa shape index (κ3) is 4.41. The molecule has 0 aliphatic heterocycles. The fourth-order valence-electron chi connectivity index (χ4n) is 2.30. The van der Waals surface area contributed by atoms with Gasteiger partial charge in [-0.15, -0.1) is 0 Å². The average Bonchev–Trinajstić information content (AvgIpc) is 2.31. The summed E-state index contributed by atoms with van der Waals surface area (Å²) >= 11 is 0. The molecule has 0 bridgehead atoms. The first-order valence-electron chi connectivity index (χ1n) is 7.00. The molecule has 0 atom stereocenters. The first-order chi connectivity index (χ1) is 8.19. The van der Waals surface area contributed by atoms with Gasteiger partial charge in [0, 0.05) is 0 Å². The lowest BCUT2D eigenvalue weighted by atomic mass is 9.98. The van der Waals surface area contributed by atoms with Gasteiger partial charge in [0.05, 0.1) is 0 Å². The van der Waals surface area contributed by atoms with Crippen LogP contribution in [0.15, 0.2) is 12.1 Å². The Balaban J connectivity index is 2.68. The molecule has 0 amide bonds. The topological polar surface area (TPSA) is 20.2 Å². The molecule has 0 radical (unpaired) electrons. The normalized spacial score (nSPS) is 10.8. The van der Waals surface area contributed by atoms with Crippen molar-refractivity contribution in [2.75, 3.05) is 0 Å². The Morgan fingerprint density at radius 3 is 2.35 bits per heavy atom. The molecule has 0 saturated heterocycles. The number of phenols is 1. The standard InChI is InChI=1S/C16H26O/c1-4-6-7-8-10-15-12-14(9-5-2)11-13(3)16(15)17/h11-12,17H,4-10H2,1-3H3. The SMILES string of the molecule is CCCCCCc1cc(CCC)cc(C)c1O. The van der Waals surface area contributed by atoms with Gasteiger partial charge in [0.25, 0.3) is 0 Å². The van der Waals surface area contributed by atoms with E-state index >= 15 is 0 Å². The van der Waals surface area contributed by atoms with Gasteiger partial charge in [-0.3, -0.25) is 0 Å². The first-order valence-corrected chi connectivity index (χ1v) is 7.00. The zero-order valence-electron chi connectivity index (χ0n) is 11.6. The van der Waals surface area contributed by atoms with E-state index in [-0.39, 0.29) is 0 Å². The molecule has 96 valence electrons. The minimum atomic E-state index is 0.515. The van der Waals surface area contributed by atoms with Crippen LogP contribution in [0.4, 0.5) is 0 Å². The Hall–Kier alpha value is -0.980. The van der Waals surface area contributed by atoms with Crippen molar-refractivity contribution in [2.45, 2.75) is 65.7 Å². The number of unbranched alkanes of at least 4 members (excludes halogenated alkanes) is 3. The molecule has 17 heavy (non-hydrogen) atoms. The molecule has 0 heterocycles. The van der Waals surface area contributed by atoms with Gasteiger partial charge in [0.1, 0.15) is 5.75 Å². The summed E-state index contributed by atoms with van der Waals surface area (Å²) in [5.41, 5.74) is 3.54. The zero-order chi connectivity index (χ0) is 12.7. The van der Waals surface area contributed by atoms with Crippen molar-refractivity contribution in [1.29, 1.82) is 0 Å². The summed E-state index contributed by atoms with van der Waals surface area (Å²) < 4.78 is 0. The third-order valence-corrected chi connectivity index (χ3v) is 3.28. The second kappa shape index (κ2) is 7.37. The van der Waals surface area contributed by atoms with Crippen LogP contribution in [0.5, 0.6) is 5.75 Å². The fourth-order valence-corrected chi connectivity index (χ4v) is 2.30. The number of aryl methyl sites for hydroxylation is 3. The van der Waals surface area contributed by atoms with E-state index in [2.05, 4.69) is 26.0 Å².